The monoisotopic (exact) mass is 214 g/mol. The molecule has 1 rings (SSSR count). The number of hydrogen-bond acceptors (Lipinski definition) is 2. The van der Waals surface area contributed by atoms with E-state index >= 15 is 0 Å². The number of thiocarbonyl (C=S) groups is 1. The van der Waals surface area contributed by atoms with Crippen LogP contribution in [0.5, 0.6) is 0 Å². The number of rotatable bonds is 2. The summed E-state index contributed by atoms with van der Waals surface area (Å²) in [6.45, 7) is 4.18. The summed E-state index contributed by atoms with van der Waals surface area (Å²) in [5, 5.41) is 0. The van der Waals surface area contributed by atoms with Crippen molar-refractivity contribution < 1.29 is 4.79 Å². The summed E-state index contributed by atoms with van der Waals surface area (Å²) in [5.74, 6) is 0.0807. The molecule has 3 nitrogen and oxygen atoms in total. The normalized spacial score (nSPS) is 27.4. The summed E-state index contributed by atoms with van der Waals surface area (Å²) in [6, 6.07) is 0.668. The van der Waals surface area contributed by atoms with Gasteiger partial charge in [0.05, 0.1) is 11.4 Å². The minimum Gasteiger partial charge on any atom is -0.393 e. The molecule has 14 heavy (non-hydrogen) atoms. The van der Waals surface area contributed by atoms with Gasteiger partial charge in [-0.05, 0) is 33.1 Å². The van der Waals surface area contributed by atoms with E-state index in [1.165, 1.54) is 6.42 Å². The molecular weight excluding hydrogens is 196 g/mol. The lowest BCUT2D eigenvalue weighted by molar-refractivity contribution is -0.135. The molecule has 1 heterocycles. The molecule has 2 unspecified atom stereocenters. The van der Waals surface area contributed by atoms with E-state index in [0.29, 0.717) is 17.1 Å². The fourth-order valence-electron chi connectivity index (χ4n) is 2.15. The minimum absolute atomic E-state index is 0.0807. The van der Waals surface area contributed by atoms with Gasteiger partial charge in [-0.3, -0.25) is 4.79 Å². The lowest BCUT2D eigenvalue weighted by Crippen LogP contribution is -2.48. The van der Waals surface area contributed by atoms with Gasteiger partial charge in [0.1, 0.15) is 0 Å². The lowest BCUT2D eigenvalue weighted by atomic mass is 9.97. The second-order valence-electron chi connectivity index (χ2n) is 4.07. The van der Waals surface area contributed by atoms with Gasteiger partial charge in [-0.15, -0.1) is 0 Å². The highest BCUT2D eigenvalue weighted by Gasteiger charge is 2.28. The van der Waals surface area contributed by atoms with Gasteiger partial charge in [0.25, 0.3) is 0 Å². The van der Waals surface area contributed by atoms with E-state index in [2.05, 4.69) is 13.8 Å². The van der Waals surface area contributed by atoms with E-state index in [9.17, 15) is 4.79 Å². The topological polar surface area (TPSA) is 46.3 Å². The van der Waals surface area contributed by atoms with Crippen molar-refractivity contribution in [3.05, 3.63) is 0 Å². The van der Waals surface area contributed by atoms with Crippen LogP contribution in [0, 0.1) is 0 Å². The van der Waals surface area contributed by atoms with E-state index in [4.69, 9.17) is 18.0 Å². The quantitative estimate of drug-likeness (QED) is 0.708. The molecule has 0 aliphatic carbocycles. The first-order valence-electron chi connectivity index (χ1n) is 5.12. The van der Waals surface area contributed by atoms with E-state index < -0.39 is 0 Å². The standard InChI is InChI=1S/C10H18N2OS/c1-7-4-3-5-8(2)12(7)10(13)6-9(11)14/h7-8H,3-6H2,1-2H3,(H2,11,14). The molecule has 0 spiro atoms. The molecule has 0 aromatic heterocycles. The van der Waals surface area contributed by atoms with Gasteiger partial charge in [0, 0.05) is 12.1 Å². The maximum absolute atomic E-state index is 11.8. The Kier molecular flexibility index (Phi) is 3.86. The van der Waals surface area contributed by atoms with Crippen molar-refractivity contribution in [2.75, 3.05) is 0 Å². The summed E-state index contributed by atoms with van der Waals surface area (Å²) >= 11 is 4.75. The van der Waals surface area contributed by atoms with Crippen LogP contribution < -0.4 is 5.73 Å². The average Bonchev–Trinajstić information content (AvgIpc) is 2.01. The maximum atomic E-state index is 11.8. The second-order valence-corrected chi connectivity index (χ2v) is 4.60. The number of carbonyl (C=O) groups is 1. The molecule has 0 saturated carbocycles. The SMILES string of the molecule is CC1CCCC(C)N1C(=O)CC(N)=S. The molecule has 1 aliphatic rings. The Balaban J connectivity index is 2.62. The van der Waals surface area contributed by atoms with E-state index in [-0.39, 0.29) is 12.3 Å². The maximum Gasteiger partial charge on any atom is 0.229 e. The number of piperidine rings is 1. The molecular formula is C10H18N2OS. The van der Waals surface area contributed by atoms with Crippen molar-refractivity contribution in [3.8, 4) is 0 Å². The third kappa shape index (κ3) is 2.67. The van der Waals surface area contributed by atoms with Crippen LogP contribution in [0.4, 0.5) is 0 Å². The van der Waals surface area contributed by atoms with Crippen LogP contribution in [0.25, 0.3) is 0 Å². The number of likely N-dealkylation sites (tertiary alicyclic amines) is 1. The van der Waals surface area contributed by atoms with Gasteiger partial charge < -0.3 is 10.6 Å². The summed E-state index contributed by atoms with van der Waals surface area (Å²) < 4.78 is 0. The van der Waals surface area contributed by atoms with Crippen molar-refractivity contribution in [2.24, 2.45) is 5.73 Å². The third-order valence-corrected chi connectivity index (χ3v) is 2.95. The molecule has 2 atom stereocenters. The third-order valence-electron chi connectivity index (χ3n) is 2.81. The van der Waals surface area contributed by atoms with Crippen LogP contribution in [0.1, 0.15) is 39.5 Å². The van der Waals surface area contributed by atoms with Crippen molar-refractivity contribution >= 4 is 23.1 Å². The average molecular weight is 214 g/mol. The number of carbonyl (C=O) groups excluding carboxylic acids is 1. The summed E-state index contributed by atoms with van der Waals surface area (Å²) in [7, 11) is 0. The van der Waals surface area contributed by atoms with E-state index in [1.807, 2.05) is 4.90 Å². The predicted molar refractivity (Wildman–Crippen MR) is 61.0 cm³/mol. The van der Waals surface area contributed by atoms with Gasteiger partial charge in [-0.1, -0.05) is 12.2 Å². The molecule has 4 heteroatoms. The van der Waals surface area contributed by atoms with Gasteiger partial charge >= 0.3 is 0 Å². The lowest BCUT2D eigenvalue weighted by Gasteiger charge is -2.39. The Labute approximate surface area is 90.6 Å². The number of nitrogens with two attached hydrogens (primary N) is 1. The molecule has 2 N–H and O–H groups in total. The molecule has 1 aliphatic heterocycles. The molecule has 80 valence electrons. The molecule has 0 bridgehead atoms. The summed E-state index contributed by atoms with van der Waals surface area (Å²) in [5.41, 5.74) is 5.37. The fraction of sp³-hybridized carbons (Fsp3) is 0.800. The zero-order valence-corrected chi connectivity index (χ0v) is 9.64. The van der Waals surface area contributed by atoms with Crippen LogP contribution in [-0.4, -0.2) is 27.9 Å². The Bertz CT molecular complexity index is 232. The number of hydrogen-bond donors (Lipinski definition) is 1. The van der Waals surface area contributed by atoms with Crippen molar-refractivity contribution in [3.63, 3.8) is 0 Å². The first-order valence-corrected chi connectivity index (χ1v) is 5.52. The highest BCUT2D eigenvalue weighted by molar-refractivity contribution is 7.80. The second kappa shape index (κ2) is 4.73. The molecule has 1 fully saturated rings. The van der Waals surface area contributed by atoms with Gasteiger partial charge in [0.2, 0.25) is 5.91 Å². The van der Waals surface area contributed by atoms with Crippen LogP contribution in [-0.2, 0) is 4.79 Å². The van der Waals surface area contributed by atoms with Crippen LogP contribution in [0.15, 0.2) is 0 Å². The molecule has 1 amide bonds. The van der Waals surface area contributed by atoms with Crippen LogP contribution in [0.2, 0.25) is 0 Å². The Morgan fingerprint density at radius 2 is 1.93 bits per heavy atom. The van der Waals surface area contributed by atoms with Crippen molar-refractivity contribution in [2.45, 2.75) is 51.6 Å². The largest absolute Gasteiger partial charge is 0.393 e. The highest BCUT2D eigenvalue weighted by Crippen LogP contribution is 2.22. The van der Waals surface area contributed by atoms with E-state index in [1.54, 1.807) is 0 Å². The first kappa shape index (κ1) is 11.4. The van der Waals surface area contributed by atoms with Crippen molar-refractivity contribution in [1.29, 1.82) is 0 Å². The van der Waals surface area contributed by atoms with Gasteiger partial charge in [-0.2, -0.15) is 0 Å². The zero-order valence-electron chi connectivity index (χ0n) is 8.82. The fourth-order valence-corrected chi connectivity index (χ4v) is 2.28. The number of nitrogens with zero attached hydrogens (tertiary/aromatic N) is 1. The minimum atomic E-state index is 0.0807. The summed E-state index contributed by atoms with van der Waals surface area (Å²) in [4.78, 5) is 14.0. The van der Waals surface area contributed by atoms with Crippen molar-refractivity contribution in [1.82, 2.24) is 4.90 Å². The highest BCUT2D eigenvalue weighted by atomic mass is 32.1. The molecule has 0 aromatic carbocycles. The van der Waals surface area contributed by atoms with Crippen LogP contribution >= 0.6 is 12.2 Å². The predicted octanol–water partition coefficient (Wildman–Crippen LogP) is 1.45. The molecule has 0 radical (unpaired) electrons. The molecule has 1 saturated heterocycles. The van der Waals surface area contributed by atoms with Crippen LogP contribution in [0.3, 0.4) is 0 Å². The number of amides is 1. The Hall–Kier alpha value is -0.640. The summed E-state index contributed by atoms with van der Waals surface area (Å²) in [6.07, 6.45) is 3.60. The van der Waals surface area contributed by atoms with Gasteiger partial charge in [-0.25, -0.2) is 0 Å². The first-order chi connectivity index (χ1) is 6.52. The zero-order chi connectivity index (χ0) is 10.7. The Morgan fingerprint density at radius 3 is 2.36 bits per heavy atom. The smallest absolute Gasteiger partial charge is 0.229 e. The van der Waals surface area contributed by atoms with E-state index in [0.717, 1.165) is 12.8 Å². The van der Waals surface area contributed by atoms with Gasteiger partial charge in [0.15, 0.2) is 0 Å². The molecule has 0 aromatic rings. The Morgan fingerprint density at radius 1 is 1.43 bits per heavy atom.